The Morgan fingerprint density at radius 1 is 0.970 bits per heavy atom. The van der Waals surface area contributed by atoms with Gasteiger partial charge in [0, 0.05) is 23.5 Å². The van der Waals surface area contributed by atoms with E-state index < -0.39 is 10.0 Å². The smallest absolute Gasteiger partial charge is 0.263 e. The van der Waals surface area contributed by atoms with Gasteiger partial charge in [0.2, 0.25) is 0 Å². The molecule has 0 saturated carbocycles. The number of nitrogens with one attached hydrogen (secondary N) is 2. The molecule has 0 saturated heterocycles. The summed E-state index contributed by atoms with van der Waals surface area (Å²) < 4.78 is 32.9. The number of methoxy groups -OCH3 is 1. The minimum atomic E-state index is -3.84. The number of aromatic nitrogens is 2. The number of ether oxygens (including phenoxy) is 1. The summed E-state index contributed by atoms with van der Waals surface area (Å²) in [5.74, 6) is 0.540. The van der Waals surface area contributed by atoms with Crippen molar-refractivity contribution >= 4 is 38.3 Å². The molecule has 0 radical (unpaired) electrons. The van der Waals surface area contributed by atoms with E-state index in [1.807, 2.05) is 6.07 Å². The molecule has 2 N–H and O–H groups in total. The summed E-state index contributed by atoms with van der Waals surface area (Å²) >= 11 is 0. The van der Waals surface area contributed by atoms with Crippen molar-refractivity contribution in [1.29, 1.82) is 0 Å². The van der Waals surface area contributed by atoms with Crippen molar-refractivity contribution in [3.8, 4) is 5.75 Å². The predicted octanol–water partition coefficient (Wildman–Crippen LogP) is 4.25. The SMILES string of the molecule is COc1cccc(C(=O)C=CNc2ccc(S(=O)(=O)Nc3cnc4ccccc4n3)cc2)c1. The number of para-hydroxylation sites is 2. The number of hydrogen-bond acceptors (Lipinski definition) is 7. The zero-order valence-electron chi connectivity index (χ0n) is 17.6. The number of anilines is 2. The first-order valence-electron chi connectivity index (χ1n) is 9.91. The molecule has 0 unspecified atom stereocenters. The van der Waals surface area contributed by atoms with Gasteiger partial charge in [-0.15, -0.1) is 0 Å². The Kier molecular flexibility index (Phi) is 6.32. The van der Waals surface area contributed by atoms with Crippen LogP contribution < -0.4 is 14.8 Å². The second kappa shape index (κ2) is 9.49. The molecule has 0 fully saturated rings. The third-order valence-electron chi connectivity index (χ3n) is 4.69. The lowest BCUT2D eigenvalue weighted by Crippen LogP contribution is -2.14. The molecule has 0 amide bonds. The van der Waals surface area contributed by atoms with Gasteiger partial charge in [-0.25, -0.2) is 13.4 Å². The van der Waals surface area contributed by atoms with E-state index in [-0.39, 0.29) is 16.5 Å². The summed E-state index contributed by atoms with van der Waals surface area (Å²) in [6.07, 6.45) is 4.26. The molecule has 0 spiro atoms. The molecule has 8 nitrogen and oxygen atoms in total. The van der Waals surface area contributed by atoms with Crippen molar-refractivity contribution < 1.29 is 17.9 Å². The van der Waals surface area contributed by atoms with Crippen LogP contribution in [0.25, 0.3) is 11.0 Å². The van der Waals surface area contributed by atoms with Crippen LogP contribution in [0.5, 0.6) is 5.75 Å². The van der Waals surface area contributed by atoms with Crippen LogP contribution in [0.15, 0.2) is 96.2 Å². The normalized spacial score (nSPS) is 11.4. The van der Waals surface area contributed by atoms with Crippen molar-refractivity contribution in [1.82, 2.24) is 9.97 Å². The van der Waals surface area contributed by atoms with Gasteiger partial charge in [0.25, 0.3) is 10.0 Å². The van der Waals surface area contributed by atoms with Gasteiger partial charge in [-0.3, -0.25) is 14.5 Å². The maximum absolute atomic E-state index is 12.7. The minimum absolute atomic E-state index is 0.0689. The highest BCUT2D eigenvalue weighted by molar-refractivity contribution is 7.92. The summed E-state index contributed by atoms with van der Waals surface area (Å²) in [6, 6.07) is 20.1. The topological polar surface area (TPSA) is 110 Å². The predicted molar refractivity (Wildman–Crippen MR) is 127 cm³/mol. The zero-order chi connectivity index (χ0) is 23.3. The third-order valence-corrected chi connectivity index (χ3v) is 6.06. The van der Waals surface area contributed by atoms with Gasteiger partial charge in [-0.1, -0.05) is 24.3 Å². The van der Waals surface area contributed by atoms with Gasteiger partial charge in [0.1, 0.15) is 5.75 Å². The van der Waals surface area contributed by atoms with Crippen LogP contribution in [-0.4, -0.2) is 31.3 Å². The summed E-state index contributed by atoms with van der Waals surface area (Å²) in [7, 11) is -2.30. The van der Waals surface area contributed by atoms with Gasteiger partial charge in [0.15, 0.2) is 11.6 Å². The summed E-state index contributed by atoms with van der Waals surface area (Å²) in [6.45, 7) is 0. The molecular weight excluding hydrogens is 440 g/mol. The molecule has 166 valence electrons. The van der Waals surface area contributed by atoms with Crippen LogP contribution in [0.3, 0.4) is 0 Å². The first-order valence-corrected chi connectivity index (χ1v) is 11.4. The second-order valence-electron chi connectivity index (χ2n) is 6.95. The van der Waals surface area contributed by atoms with Crippen molar-refractivity contribution in [2.75, 3.05) is 17.1 Å². The Morgan fingerprint density at radius 3 is 2.48 bits per heavy atom. The molecule has 4 aromatic rings. The average Bonchev–Trinajstić information content (AvgIpc) is 2.84. The number of benzene rings is 3. The molecule has 0 aliphatic heterocycles. The monoisotopic (exact) mass is 460 g/mol. The van der Waals surface area contributed by atoms with E-state index in [2.05, 4.69) is 20.0 Å². The maximum atomic E-state index is 12.7. The van der Waals surface area contributed by atoms with Gasteiger partial charge >= 0.3 is 0 Å². The first-order chi connectivity index (χ1) is 15.9. The van der Waals surface area contributed by atoms with E-state index in [1.165, 1.54) is 37.7 Å². The van der Waals surface area contributed by atoms with Crippen molar-refractivity contribution in [2.24, 2.45) is 0 Å². The number of allylic oxidation sites excluding steroid dienone is 1. The van der Waals surface area contributed by atoms with E-state index in [1.54, 1.807) is 54.6 Å². The Balaban J connectivity index is 1.41. The second-order valence-corrected chi connectivity index (χ2v) is 8.63. The fraction of sp³-hybridized carbons (Fsp3) is 0.0417. The van der Waals surface area contributed by atoms with Crippen LogP contribution in [0.2, 0.25) is 0 Å². The molecule has 4 rings (SSSR count). The summed E-state index contributed by atoms with van der Waals surface area (Å²) in [5.41, 5.74) is 2.38. The number of fused-ring (bicyclic) bond motifs is 1. The minimum Gasteiger partial charge on any atom is -0.497 e. The van der Waals surface area contributed by atoms with E-state index in [0.29, 0.717) is 28.0 Å². The zero-order valence-corrected chi connectivity index (χ0v) is 18.4. The quantitative estimate of drug-likeness (QED) is 0.299. The molecule has 0 atom stereocenters. The lowest BCUT2D eigenvalue weighted by Gasteiger charge is -2.08. The van der Waals surface area contributed by atoms with Crippen molar-refractivity contribution in [3.05, 3.63) is 96.8 Å². The van der Waals surface area contributed by atoms with Gasteiger partial charge in [0.05, 0.1) is 29.2 Å². The number of nitrogens with zero attached hydrogens (tertiary/aromatic N) is 2. The number of carbonyl (C=O) groups excluding carboxylic acids is 1. The highest BCUT2D eigenvalue weighted by Crippen LogP contribution is 2.19. The van der Waals surface area contributed by atoms with Crippen molar-refractivity contribution in [3.63, 3.8) is 0 Å². The lowest BCUT2D eigenvalue weighted by molar-refractivity contribution is 0.104. The molecule has 0 bridgehead atoms. The molecular formula is C24H20N4O4S. The molecule has 1 heterocycles. The average molecular weight is 461 g/mol. The van der Waals surface area contributed by atoms with Crippen molar-refractivity contribution in [2.45, 2.75) is 4.90 Å². The molecule has 33 heavy (non-hydrogen) atoms. The van der Waals surface area contributed by atoms with Gasteiger partial charge < -0.3 is 10.1 Å². The van der Waals surface area contributed by atoms with Gasteiger partial charge in [-0.05, 0) is 48.5 Å². The van der Waals surface area contributed by atoms with Crippen LogP contribution in [0, 0.1) is 0 Å². The number of sulfonamides is 1. The fourth-order valence-corrected chi connectivity index (χ4v) is 4.01. The molecule has 1 aromatic heterocycles. The van der Waals surface area contributed by atoms with Gasteiger partial charge in [-0.2, -0.15) is 0 Å². The number of ketones is 1. The third kappa shape index (κ3) is 5.34. The summed E-state index contributed by atoms with van der Waals surface area (Å²) in [5, 5.41) is 2.95. The standard InChI is InChI=1S/C24H20N4O4S/c1-32-19-6-4-5-17(15-19)23(29)13-14-25-18-9-11-20(12-10-18)33(30,31)28-24-16-26-21-7-2-3-8-22(21)27-24/h2-16,25H,1H3,(H,27,28). The van der Waals surface area contributed by atoms with E-state index in [4.69, 9.17) is 4.74 Å². The number of carbonyl (C=O) groups is 1. The van der Waals surface area contributed by atoms with E-state index >= 15 is 0 Å². The largest absolute Gasteiger partial charge is 0.497 e. The molecule has 0 aliphatic rings. The number of rotatable bonds is 8. The molecule has 0 aliphatic carbocycles. The van der Waals surface area contributed by atoms with Crippen LogP contribution >= 0.6 is 0 Å². The van der Waals surface area contributed by atoms with E-state index in [0.717, 1.165) is 0 Å². The number of hydrogen-bond donors (Lipinski definition) is 2. The Hall–Kier alpha value is -4.24. The fourth-order valence-electron chi connectivity index (χ4n) is 3.02. The van der Waals surface area contributed by atoms with E-state index in [9.17, 15) is 13.2 Å². The van der Waals surface area contributed by atoms with Crippen LogP contribution in [0.1, 0.15) is 10.4 Å². The summed E-state index contributed by atoms with van der Waals surface area (Å²) in [4.78, 5) is 20.8. The Morgan fingerprint density at radius 2 is 1.73 bits per heavy atom. The highest BCUT2D eigenvalue weighted by Gasteiger charge is 2.15. The molecule has 3 aromatic carbocycles. The Labute approximate surface area is 191 Å². The highest BCUT2D eigenvalue weighted by atomic mass is 32.2. The van der Waals surface area contributed by atoms with Crippen LogP contribution in [0.4, 0.5) is 11.5 Å². The first kappa shape index (κ1) is 22.0. The maximum Gasteiger partial charge on any atom is 0.263 e. The lowest BCUT2D eigenvalue weighted by atomic mass is 10.1. The molecule has 9 heteroatoms. The van der Waals surface area contributed by atoms with Crippen LogP contribution in [-0.2, 0) is 10.0 Å². The Bertz CT molecular complexity index is 1430.